The fourth-order valence-corrected chi connectivity index (χ4v) is 6.88. The molecule has 11 nitrogen and oxygen atoms in total. The zero-order valence-corrected chi connectivity index (χ0v) is 30.3. The zero-order valence-electron chi connectivity index (χ0n) is 30.3. The average molecular weight is 716 g/mol. The Morgan fingerprint density at radius 2 is 1.60 bits per heavy atom. The summed E-state index contributed by atoms with van der Waals surface area (Å²) < 4.78 is 47.9. The number of benzene rings is 4. The number of para-hydroxylation sites is 1. The number of nitrogens with zero attached hydrogens (tertiary/aromatic N) is 1. The largest absolute Gasteiger partial charge is 0.496 e. The molecule has 52 heavy (non-hydrogen) atoms. The summed E-state index contributed by atoms with van der Waals surface area (Å²) in [6.45, 7) is 6.54. The molecule has 0 bridgehead atoms. The third-order valence-corrected chi connectivity index (χ3v) is 9.42. The van der Waals surface area contributed by atoms with Crippen LogP contribution >= 0.6 is 0 Å². The topological polar surface area (TPSA) is 114 Å². The third-order valence-electron chi connectivity index (χ3n) is 9.42. The average Bonchev–Trinajstić information content (AvgIpc) is 3.52. The molecule has 6 rings (SSSR count). The van der Waals surface area contributed by atoms with Crippen molar-refractivity contribution in [2.24, 2.45) is 0 Å². The summed E-state index contributed by atoms with van der Waals surface area (Å²) >= 11 is 0. The van der Waals surface area contributed by atoms with Gasteiger partial charge in [0.15, 0.2) is 5.79 Å². The van der Waals surface area contributed by atoms with Crippen molar-refractivity contribution in [3.63, 3.8) is 0 Å². The van der Waals surface area contributed by atoms with Gasteiger partial charge >= 0.3 is 6.09 Å². The minimum atomic E-state index is -1.02. The Labute approximate surface area is 305 Å². The molecule has 0 spiro atoms. The van der Waals surface area contributed by atoms with Crippen molar-refractivity contribution in [1.29, 1.82) is 0 Å². The Hall–Kier alpha value is -4.39. The number of likely N-dealkylation sites (tertiary alicyclic amines) is 1. The molecule has 2 heterocycles. The Morgan fingerprint density at radius 3 is 2.33 bits per heavy atom. The maximum atomic E-state index is 12.4. The molecule has 0 unspecified atom stereocenters. The Balaban J connectivity index is 1.14. The molecule has 2 saturated heterocycles. The van der Waals surface area contributed by atoms with Crippen LogP contribution in [-0.4, -0.2) is 93.9 Å². The lowest BCUT2D eigenvalue weighted by Crippen LogP contribution is -2.54. The van der Waals surface area contributed by atoms with Crippen molar-refractivity contribution in [1.82, 2.24) is 4.90 Å². The highest BCUT2D eigenvalue weighted by molar-refractivity contribution is 5.89. The molecule has 2 aliphatic heterocycles. The number of carboxylic acid groups (broad SMARTS) is 1. The van der Waals surface area contributed by atoms with E-state index < -0.39 is 24.1 Å². The van der Waals surface area contributed by atoms with Gasteiger partial charge in [0.05, 0.1) is 79.2 Å². The maximum absolute atomic E-state index is 12.4. The van der Waals surface area contributed by atoms with Crippen LogP contribution in [0.3, 0.4) is 0 Å². The molecule has 0 aliphatic carbocycles. The van der Waals surface area contributed by atoms with Crippen LogP contribution in [0, 0.1) is 0 Å². The van der Waals surface area contributed by atoms with Crippen molar-refractivity contribution in [3.8, 4) is 17.2 Å². The molecule has 2 aliphatic rings. The van der Waals surface area contributed by atoms with Crippen LogP contribution in [0.4, 0.5) is 4.79 Å². The molecular formula is C41H49NO10. The fourth-order valence-electron chi connectivity index (χ4n) is 6.88. The molecule has 0 aromatic heterocycles. The summed E-state index contributed by atoms with van der Waals surface area (Å²) in [5, 5.41) is 12.2. The Morgan fingerprint density at radius 1 is 0.865 bits per heavy atom. The van der Waals surface area contributed by atoms with Crippen molar-refractivity contribution >= 4 is 16.9 Å². The monoisotopic (exact) mass is 715 g/mol. The van der Waals surface area contributed by atoms with Crippen LogP contribution in [0.5, 0.6) is 17.2 Å². The van der Waals surface area contributed by atoms with Crippen LogP contribution in [0.2, 0.25) is 0 Å². The predicted molar refractivity (Wildman–Crippen MR) is 195 cm³/mol. The first kappa shape index (κ1) is 37.4. The smallest absolute Gasteiger partial charge is 0.407 e. The summed E-state index contributed by atoms with van der Waals surface area (Å²) in [5.41, 5.74) is 2.89. The van der Waals surface area contributed by atoms with Crippen molar-refractivity contribution in [2.45, 2.75) is 63.5 Å². The molecule has 0 saturated carbocycles. The van der Waals surface area contributed by atoms with E-state index in [4.69, 9.17) is 37.9 Å². The van der Waals surface area contributed by atoms with Gasteiger partial charge in [-0.25, -0.2) is 4.79 Å². The third kappa shape index (κ3) is 9.53. The predicted octanol–water partition coefficient (Wildman–Crippen LogP) is 7.04. The van der Waals surface area contributed by atoms with Crippen molar-refractivity contribution in [2.75, 3.05) is 53.7 Å². The second-order valence-electron chi connectivity index (χ2n) is 13.5. The van der Waals surface area contributed by atoms with Crippen LogP contribution in [0.25, 0.3) is 10.8 Å². The van der Waals surface area contributed by atoms with E-state index in [1.165, 1.54) is 4.90 Å². The van der Waals surface area contributed by atoms with E-state index in [1.807, 2.05) is 92.7 Å². The lowest BCUT2D eigenvalue weighted by atomic mass is 9.84. The molecule has 2 fully saturated rings. The minimum Gasteiger partial charge on any atom is -0.496 e. The molecule has 4 aromatic rings. The molecule has 4 aromatic carbocycles. The van der Waals surface area contributed by atoms with E-state index in [0.29, 0.717) is 26.4 Å². The van der Waals surface area contributed by atoms with Gasteiger partial charge in [0.2, 0.25) is 0 Å². The van der Waals surface area contributed by atoms with Gasteiger partial charge in [0, 0.05) is 23.3 Å². The van der Waals surface area contributed by atoms with Gasteiger partial charge in [-0.3, -0.25) is 0 Å². The van der Waals surface area contributed by atoms with Gasteiger partial charge in [-0.2, -0.15) is 0 Å². The second-order valence-corrected chi connectivity index (χ2v) is 13.5. The number of amides is 1. The van der Waals surface area contributed by atoms with Crippen LogP contribution in [0.1, 0.15) is 42.9 Å². The molecule has 1 N–H and O–H groups in total. The molecule has 278 valence electrons. The van der Waals surface area contributed by atoms with Crippen LogP contribution in [-0.2, 0) is 36.9 Å². The van der Waals surface area contributed by atoms with E-state index in [9.17, 15) is 9.90 Å². The van der Waals surface area contributed by atoms with Gasteiger partial charge < -0.3 is 47.9 Å². The fraction of sp³-hybridized carbons (Fsp3) is 0.439. The molecule has 4 atom stereocenters. The summed E-state index contributed by atoms with van der Waals surface area (Å²) in [4.78, 5) is 13.7. The lowest BCUT2D eigenvalue weighted by molar-refractivity contribution is -0.153. The highest BCUT2D eigenvalue weighted by atomic mass is 16.7. The van der Waals surface area contributed by atoms with Gasteiger partial charge in [0.1, 0.15) is 23.4 Å². The van der Waals surface area contributed by atoms with E-state index in [2.05, 4.69) is 6.07 Å². The highest BCUT2D eigenvalue weighted by Gasteiger charge is 2.42. The number of hydrogen-bond donors (Lipinski definition) is 1. The number of carbonyl (C=O) groups is 1. The maximum Gasteiger partial charge on any atom is 0.407 e. The first-order valence-corrected chi connectivity index (χ1v) is 17.7. The molecule has 11 heteroatoms. The quantitative estimate of drug-likeness (QED) is 0.121. The number of ether oxygens (including phenoxy) is 8. The Bertz CT molecular complexity index is 1760. The number of fused-ring (bicyclic) bond motifs is 1. The first-order chi connectivity index (χ1) is 25.2. The Kier molecular flexibility index (Phi) is 12.5. The van der Waals surface area contributed by atoms with E-state index in [-0.39, 0.29) is 38.3 Å². The van der Waals surface area contributed by atoms with Crippen LogP contribution in [0.15, 0.2) is 84.9 Å². The summed E-state index contributed by atoms with van der Waals surface area (Å²) in [6.07, 6.45) is -1.57. The summed E-state index contributed by atoms with van der Waals surface area (Å²) in [7, 11) is 3.31. The zero-order chi connectivity index (χ0) is 36.5. The number of methoxy groups -OCH3 is 2. The number of rotatable bonds is 16. The summed E-state index contributed by atoms with van der Waals surface area (Å²) in [5.74, 6) is 1.33. The second kappa shape index (κ2) is 17.4. The standard InChI is InChI=1S/C41H49NO10/c1-41(2)51-27-33(52-41)26-50-38-23-42(40(43)44)22-37(49-24-28-20-30-10-5-7-12-34(30)36(21-28)46-4)39(38)29-14-16-32(17-15-29)48-19-9-18-47-25-31-11-6-8-13-35(31)45-3/h5-8,10-17,20-21,33,37-39H,9,18-19,22-27H2,1-4H3,(H,43,44)/t33-,37-,38+,39+/m0/s1. The lowest BCUT2D eigenvalue weighted by Gasteiger charge is -2.43. The van der Waals surface area contributed by atoms with Crippen LogP contribution < -0.4 is 14.2 Å². The molecule has 0 radical (unpaired) electrons. The minimum absolute atomic E-state index is 0.188. The van der Waals surface area contributed by atoms with E-state index in [0.717, 1.165) is 51.1 Å². The first-order valence-electron chi connectivity index (χ1n) is 17.7. The van der Waals surface area contributed by atoms with Crippen molar-refractivity contribution in [3.05, 3.63) is 102 Å². The SMILES string of the molecule is COc1ccccc1COCCCOc1ccc([C@@H]2[C@@H](OCc3cc(OC)c4ccccc4c3)CN(C(=O)O)C[C@H]2OC[C@H]2COC(C)(C)O2)cc1. The highest BCUT2D eigenvalue weighted by Crippen LogP contribution is 2.36. The van der Waals surface area contributed by atoms with Gasteiger partial charge in [-0.05, 0) is 60.7 Å². The van der Waals surface area contributed by atoms with E-state index in [1.54, 1.807) is 14.2 Å². The van der Waals surface area contributed by atoms with E-state index >= 15 is 0 Å². The summed E-state index contributed by atoms with van der Waals surface area (Å²) in [6, 6.07) is 27.8. The van der Waals surface area contributed by atoms with Gasteiger partial charge in [0.25, 0.3) is 0 Å². The number of piperidine rings is 1. The molecule has 1 amide bonds. The van der Waals surface area contributed by atoms with Gasteiger partial charge in [-0.1, -0.05) is 54.6 Å². The molecular weight excluding hydrogens is 666 g/mol. The van der Waals surface area contributed by atoms with Gasteiger partial charge in [-0.15, -0.1) is 0 Å². The van der Waals surface area contributed by atoms with Crippen molar-refractivity contribution < 1.29 is 47.8 Å². The number of hydrogen-bond acceptors (Lipinski definition) is 9. The normalized spacial score (nSPS) is 21.3.